The summed E-state index contributed by atoms with van der Waals surface area (Å²) in [4.78, 5) is 25.1. The van der Waals surface area contributed by atoms with Crippen LogP contribution in [0, 0.1) is 11.3 Å². The van der Waals surface area contributed by atoms with Crippen molar-refractivity contribution >= 4 is 11.8 Å². The fourth-order valence-electron chi connectivity index (χ4n) is 4.28. The molecule has 1 aromatic rings. The Morgan fingerprint density at radius 2 is 2.05 bits per heavy atom. The van der Waals surface area contributed by atoms with Crippen molar-refractivity contribution in [2.75, 3.05) is 20.2 Å². The van der Waals surface area contributed by atoms with E-state index in [1.54, 1.807) is 0 Å². The summed E-state index contributed by atoms with van der Waals surface area (Å²) in [6.07, 6.45) is 1.21. The summed E-state index contributed by atoms with van der Waals surface area (Å²) in [5.41, 5.74) is -0.0707. The molecule has 4 nitrogen and oxygen atoms in total. The molecule has 1 N–H and O–H groups in total. The lowest BCUT2D eigenvalue weighted by Gasteiger charge is -2.50. The second kappa shape index (κ2) is 4.95. The van der Waals surface area contributed by atoms with Gasteiger partial charge < -0.3 is 10.1 Å². The van der Waals surface area contributed by atoms with Gasteiger partial charge in [-0.05, 0) is 12.0 Å². The third-order valence-electron chi connectivity index (χ3n) is 5.55. The van der Waals surface area contributed by atoms with Crippen LogP contribution in [0.2, 0.25) is 0 Å². The van der Waals surface area contributed by atoms with Gasteiger partial charge in [-0.15, -0.1) is 0 Å². The molecule has 2 fully saturated rings. The van der Waals surface area contributed by atoms with E-state index in [9.17, 15) is 9.59 Å². The standard InChI is InChI=1S/C17H21NO3/c1-16(12-6-4-3-5-7-12)9-8-14(19)13-10-18-11-17(13,16)15(20)21-2/h3-7,13,18H,8-11H2,1-2H3. The van der Waals surface area contributed by atoms with Gasteiger partial charge in [0.15, 0.2) is 0 Å². The largest absolute Gasteiger partial charge is 0.469 e. The minimum Gasteiger partial charge on any atom is -0.469 e. The Hall–Kier alpha value is -1.68. The van der Waals surface area contributed by atoms with Crippen LogP contribution in [-0.2, 0) is 19.7 Å². The summed E-state index contributed by atoms with van der Waals surface area (Å²) < 4.78 is 5.13. The van der Waals surface area contributed by atoms with E-state index in [4.69, 9.17) is 4.74 Å². The maximum absolute atomic E-state index is 12.7. The predicted octanol–water partition coefficient (Wildman–Crippen LogP) is 1.69. The van der Waals surface area contributed by atoms with Crippen molar-refractivity contribution in [1.29, 1.82) is 0 Å². The highest BCUT2D eigenvalue weighted by Crippen LogP contribution is 2.55. The first kappa shape index (κ1) is 14.3. The molecule has 0 amide bonds. The number of benzene rings is 1. The number of hydrogen-bond donors (Lipinski definition) is 1. The smallest absolute Gasteiger partial charge is 0.314 e. The number of carbonyl (C=O) groups is 2. The minimum atomic E-state index is -0.793. The molecule has 0 bridgehead atoms. The second-order valence-corrected chi connectivity index (χ2v) is 6.31. The zero-order chi connectivity index (χ0) is 15.1. The Kier molecular flexibility index (Phi) is 3.36. The van der Waals surface area contributed by atoms with Crippen molar-refractivity contribution in [2.45, 2.75) is 25.2 Å². The van der Waals surface area contributed by atoms with E-state index in [-0.39, 0.29) is 23.1 Å². The molecule has 3 rings (SSSR count). The van der Waals surface area contributed by atoms with Crippen LogP contribution in [0.4, 0.5) is 0 Å². The van der Waals surface area contributed by atoms with Crippen LogP contribution in [0.15, 0.2) is 30.3 Å². The minimum absolute atomic E-state index is 0.179. The fraction of sp³-hybridized carbons (Fsp3) is 0.529. The number of nitrogens with one attached hydrogen (secondary N) is 1. The summed E-state index contributed by atoms with van der Waals surface area (Å²) in [5.74, 6) is -0.375. The molecule has 112 valence electrons. The summed E-state index contributed by atoms with van der Waals surface area (Å²) in [6.45, 7) is 3.17. The van der Waals surface area contributed by atoms with E-state index in [2.05, 4.69) is 24.4 Å². The number of carbonyl (C=O) groups excluding carboxylic acids is 2. The summed E-state index contributed by atoms with van der Waals surface area (Å²) in [5, 5.41) is 3.25. The number of methoxy groups -OCH3 is 1. The van der Waals surface area contributed by atoms with Gasteiger partial charge in [0.25, 0.3) is 0 Å². The van der Waals surface area contributed by atoms with Crippen molar-refractivity contribution < 1.29 is 14.3 Å². The molecule has 0 radical (unpaired) electrons. The molecule has 0 aromatic heterocycles. The van der Waals surface area contributed by atoms with Gasteiger partial charge in [-0.25, -0.2) is 0 Å². The lowest BCUT2D eigenvalue weighted by atomic mass is 9.50. The molecule has 1 aromatic carbocycles. The highest BCUT2D eigenvalue weighted by molar-refractivity contribution is 5.93. The molecule has 1 saturated heterocycles. The van der Waals surface area contributed by atoms with E-state index in [0.717, 1.165) is 5.56 Å². The average molecular weight is 287 g/mol. The molecule has 21 heavy (non-hydrogen) atoms. The topological polar surface area (TPSA) is 55.4 Å². The number of esters is 1. The monoisotopic (exact) mass is 287 g/mol. The Morgan fingerprint density at radius 3 is 2.71 bits per heavy atom. The third-order valence-corrected chi connectivity index (χ3v) is 5.55. The normalized spacial score (nSPS) is 35.3. The molecular formula is C17H21NO3. The van der Waals surface area contributed by atoms with Gasteiger partial charge in [0.2, 0.25) is 0 Å². The van der Waals surface area contributed by atoms with E-state index < -0.39 is 5.41 Å². The molecule has 1 heterocycles. The summed E-state index contributed by atoms with van der Waals surface area (Å²) in [7, 11) is 1.41. The van der Waals surface area contributed by atoms with Gasteiger partial charge in [-0.1, -0.05) is 37.3 Å². The van der Waals surface area contributed by atoms with Gasteiger partial charge in [-0.3, -0.25) is 9.59 Å². The summed E-state index contributed by atoms with van der Waals surface area (Å²) >= 11 is 0. The lowest BCUT2D eigenvalue weighted by molar-refractivity contribution is -0.165. The van der Waals surface area contributed by atoms with Crippen molar-refractivity contribution in [1.82, 2.24) is 5.32 Å². The predicted molar refractivity (Wildman–Crippen MR) is 78.8 cm³/mol. The first-order valence-electron chi connectivity index (χ1n) is 7.43. The molecule has 1 aliphatic heterocycles. The highest BCUT2D eigenvalue weighted by Gasteiger charge is 2.65. The van der Waals surface area contributed by atoms with Crippen LogP contribution >= 0.6 is 0 Å². The number of Topliss-reactive ketones (excluding diaryl/α,β-unsaturated/α-hetero) is 1. The Balaban J connectivity index is 2.18. The average Bonchev–Trinajstić information content (AvgIpc) is 2.99. The molecule has 4 heteroatoms. The molecule has 3 unspecified atom stereocenters. The van der Waals surface area contributed by atoms with Crippen molar-refractivity contribution in [3.05, 3.63) is 35.9 Å². The van der Waals surface area contributed by atoms with E-state index in [1.165, 1.54) is 7.11 Å². The second-order valence-electron chi connectivity index (χ2n) is 6.31. The zero-order valence-corrected chi connectivity index (χ0v) is 12.5. The number of rotatable bonds is 2. The first-order chi connectivity index (χ1) is 10.1. The molecule has 1 aliphatic carbocycles. The van der Waals surface area contributed by atoms with E-state index in [1.807, 2.05) is 18.2 Å². The van der Waals surface area contributed by atoms with Crippen LogP contribution in [0.25, 0.3) is 0 Å². The molecule has 0 spiro atoms. The fourth-order valence-corrected chi connectivity index (χ4v) is 4.28. The van der Waals surface area contributed by atoms with Crippen LogP contribution in [0.3, 0.4) is 0 Å². The first-order valence-corrected chi connectivity index (χ1v) is 7.43. The zero-order valence-electron chi connectivity index (χ0n) is 12.5. The van der Waals surface area contributed by atoms with Crippen molar-refractivity contribution in [2.24, 2.45) is 11.3 Å². The van der Waals surface area contributed by atoms with Crippen LogP contribution in [0.5, 0.6) is 0 Å². The maximum Gasteiger partial charge on any atom is 0.314 e. The van der Waals surface area contributed by atoms with Crippen molar-refractivity contribution in [3.8, 4) is 0 Å². The Labute approximate surface area is 124 Å². The maximum atomic E-state index is 12.7. The molecule has 2 aliphatic rings. The van der Waals surface area contributed by atoms with Crippen molar-refractivity contribution in [3.63, 3.8) is 0 Å². The van der Waals surface area contributed by atoms with Crippen LogP contribution in [-0.4, -0.2) is 32.0 Å². The third kappa shape index (κ3) is 1.78. The number of ketones is 1. The number of fused-ring (bicyclic) bond motifs is 1. The molecule has 3 atom stereocenters. The van der Waals surface area contributed by atoms with Gasteiger partial charge in [0.1, 0.15) is 11.2 Å². The molecule has 1 saturated carbocycles. The molecular weight excluding hydrogens is 266 g/mol. The van der Waals surface area contributed by atoms with E-state index in [0.29, 0.717) is 25.9 Å². The van der Waals surface area contributed by atoms with Gasteiger partial charge in [0.05, 0.1) is 7.11 Å². The van der Waals surface area contributed by atoms with Gasteiger partial charge in [0, 0.05) is 30.8 Å². The van der Waals surface area contributed by atoms with Gasteiger partial charge >= 0.3 is 5.97 Å². The number of hydrogen-bond acceptors (Lipinski definition) is 4. The lowest BCUT2D eigenvalue weighted by Crippen LogP contribution is -2.59. The quantitative estimate of drug-likeness (QED) is 0.841. The summed E-state index contributed by atoms with van der Waals surface area (Å²) in [6, 6.07) is 10.0. The SMILES string of the molecule is COC(=O)C12CNCC1C(=O)CCC2(C)c1ccccc1. The number of ether oxygens (including phenoxy) is 1. The van der Waals surface area contributed by atoms with Crippen LogP contribution < -0.4 is 5.32 Å². The van der Waals surface area contributed by atoms with E-state index >= 15 is 0 Å². The highest BCUT2D eigenvalue weighted by atomic mass is 16.5. The Morgan fingerprint density at radius 1 is 1.33 bits per heavy atom. The van der Waals surface area contributed by atoms with Crippen LogP contribution in [0.1, 0.15) is 25.3 Å². The van der Waals surface area contributed by atoms with Gasteiger partial charge in [-0.2, -0.15) is 0 Å². The Bertz CT molecular complexity index is 571.